The Hall–Kier alpha value is -1.31. The monoisotopic (exact) mass is 179 g/mol. The maximum absolute atomic E-state index is 11.0. The Labute approximate surface area is 80.0 Å². The Bertz CT molecular complexity index is 249. The van der Waals surface area contributed by atoms with E-state index in [1.165, 1.54) is 0 Å². The summed E-state index contributed by atoms with van der Waals surface area (Å²) < 4.78 is 0. The molecule has 0 unspecified atom stereocenters. The number of amides is 1. The van der Waals surface area contributed by atoms with Crippen LogP contribution in [0.1, 0.15) is 27.2 Å². The van der Waals surface area contributed by atoms with E-state index in [2.05, 4.69) is 11.9 Å². The molecule has 0 aromatic heterocycles. The highest BCUT2D eigenvalue weighted by molar-refractivity contribution is 5.77. The van der Waals surface area contributed by atoms with Gasteiger partial charge < -0.3 is 5.32 Å². The van der Waals surface area contributed by atoms with Gasteiger partial charge in [0.25, 0.3) is 0 Å². The molecule has 13 heavy (non-hydrogen) atoms. The van der Waals surface area contributed by atoms with E-state index in [4.69, 9.17) is 0 Å². The second-order valence-corrected chi connectivity index (χ2v) is 2.83. The first-order valence-corrected chi connectivity index (χ1v) is 4.40. The first kappa shape index (κ1) is 11.7. The molecule has 0 saturated carbocycles. The maximum Gasteiger partial charge on any atom is 0.224 e. The van der Waals surface area contributed by atoms with Gasteiger partial charge in [-0.25, -0.2) is 0 Å². The number of rotatable bonds is 4. The SMILES string of the molecule is C=C(C)/C=C\C(=C/C)NC(=O)CC. The van der Waals surface area contributed by atoms with Gasteiger partial charge in [-0.3, -0.25) is 4.79 Å². The van der Waals surface area contributed by atoms with E-state index in [0.29, 0.717) is 6.42 Å². The summed E-state index contributed by atoms with van der Waals surface area (Å²) in [5.41, 5.74) is 1.78. The summed E-state index contributed by atoms with van der Waals surface area (Å²) >= 11 is 0. The van der Waals surface area contributed by atoms with Crippen LogP contribution in [0.2, 0.25) is 0 Å². The van der Waals surface area contributed by atoms with Gasteiger partial charge in [-0.15, -0.1) is 0 Å². The van der Waals surface area contributed by atoms with Crippen molar-refractivity contribution in [2.45, 2.75) is 27.2 Å². The van der Waals surface area contributed by atoms with Crippen LogP contribution in [0.3, 0.4) is 0 Å². The molecule has 0 spiro atoms. The number of allylic oxidation sites excluding steroid dienone is 4. The summed E-state index contributed by atoms with van der Waals surface area (Å²) in [4.78, 5) is 11.0. The molecule has 0 rings (SSSR count). The van der Waals surface area contributed by atoms with Crippen LogP contribution in [0.5, 0.6) is 0 Å². The van der Waals surface area contributed by atoms with E-state index in [-0.39, 0.29) is 5.91 Å². The Balaban J connectivity index is 4.22. The molecule has 2 heteroatoms. The Kier molecular flexibility index (Phi) is 5.60. The summed E-state index contributed by atoms with van der Waals surface area (Å²) in [5, 5.41) is 2.77. The highest BCUT2D eigenvalue weighted by Gasteiger charge is 1.96. The van der Waals surface area contributed by atoms with Crippen LogP contribution in [-0.4, -0.2) is 5.91 Å². The first-order chi connectivity index (χ1) is 6.10. The van der Waals surface area contributed by atoms with Crippen molar-refractivity contribution < 1.29 is 4.79 Å². The fourth-order valence-electron chi connectivity index (χ4n) is 0.691. The van der Waals surface area contributed by atoms with Gasteiger partial charge in [-0.1, -0.05) is 31.2 Å². The van der Waals surface area contributed by atoms with E-state index in [1.807, 2.05) is 39.0 Å². The van der Waals surface area contributed by atoms with E-state index in [9.17, 15) is 4.79 Å². The molecule has 2 nitrogen and oxygen atoms in total. The molecule has 0 aliphatic heterocycles. The van der Waals surface area contributed by atoms with Crippen molar-refractivity contribution in [1.82, 2.24) is 5.32 Å². The van der Waals surface area contributed by atoms with Gasteiger partial charge >= 0.3 is 0 Å². The second-order valence-electron chi connectivity index (χ2n) is 2.83. The minimum Gasteiger partial charge on any atom is -0.326 e. The van der Waals surface area contributed by atoms with E-state index in [0.717, 1.165) is 11.3 Å². The van der Waals surface area contributed by atoms with Crippen LogP contribution in [0.4, 0.5) is 0 Å². The molecule has 0 atom stereocenters. The van der Waals surface area contributed by atoms with Crippen LogP contribution >= 0.6 is 0 Å². The van der Waals surface area contributed by atoms with Gasteiger partial charge in [0, 0.05) is 12.1 Å². The van der Waals surface area contributed by atoms with Crippen molar-refractivity contribution in [2.75, 3.05) is 0 Å². The molecule has 1 amide bonds. The largest absolute Gasteiger partial charge is 0.326 e. The lowest BCUT2D eigenvalue weighted by Crippen LogP contribution is -2.20. The maximum atomic E-state index is 11.0. The normalized spacial score (nSPS) is 11.8. The third kappa shape index (κ3) is 5.91. The Morgan fingerprint density at radius 3 is 2.46 bits per heavy atom. The molecule has 0 saturated heterocycles. The number of nitrogens with one attached hydrogen (secondary N) is 1. The third-order valence-electron chi connectivity index (χ3n) is 1.46. The van der Waals surface area contributed by atoms with Crippen molar-refractivity contribution in [1.29, 1.82) is 0 Å². The smallest absolute Gasteiger partial charge is 0.224 e. The lowest BCUT2D eigenvalue weighted by Gasteiger charge is -2.02. The standard InChI is InChI=1S/C11H17NO/c1-5-10(8-7-9(3)4)12-11(13)6-2/h5,7-8H,3,6H2,1-2,4H3,(H,12,13)/b8-7-,10-5+. The summed E-state index contributed by atoms with van der Waals surface area (Å²) in [7, 11) is 0. The molecular formula is C11H17NO. The molecule has 0 fully saturated rings. The number of carbonyl (C=O) groups is 1. The van der Waals surface area contributed by atoms with Crippen molar-refractivity contribution >= 4 is 5.91 Å². The molecular weight excluding hydrogens is 162 g/mol. The molecule has 72 valence electrons. The van der Waals surface area contributed by atoms with Gasteiger partial charge in [-0.2, -0.15) is 0 Å². The summed E-state index contributed by atoms with van der Waals surface area (Å²) in [5.74, 6) is 0.0273. The van der Waals surface area contributed by atoms with Crippen LogP contribution in [-0.2, 0) is 4.79 Å². The summed E-state index contributed by atoms with van der Waals surface area (Å²) in [6.45, 7) is 9.35. The average molecular weight is 179 g/mol. The van der Waals surface area contributed by atoms with Crippen molar-refractivity contribution in [3.05, 3.63) is 36.1 Å². The molecule has 0 aliphatic rings. The fraction of sp³-hybridized carbons (Fsp3) is 0.364. The van der Waals surface area contributed by atoms with E-state index < -0.39 is 0 Å². The molecule has 0 radical (unpaired) electrons. The second kappa shape index (κ2) is 6.23. The predicted octanol–water partition coefficient (Wildman–Crippen LogP) is 2.55. The Morgan fingerprint density at radius 2 is 2.08 bits per heavy atom. The minimum absolute atomic E-state index is 0.0273. The van der Waals surface area contributed by atoms with E-state index >= 15 is 0 Å². The van der Waals surface area contributed by atoms with Gasteiger partial charge in [0.1, 0.15) is 0 Å². The van der Waals surface area contributed by atoms with E-state index in [1.54, 1.807) is 0 Å². The molecule has 0 bridgehead atoms. The van der Waals surface area contributed by atoms with Crippen molar-refractivity contribution in [3.63, 3.8) is 0 Å². The molecule has 0 aromatic rings. The zero-order valence-corrected chi connectivity index (χ0v) is 8.55. The lowest BCUT2D eigenvalue weighted by atomic mass is 10.2. The van der Waals surface area contributed by atoms with Gasteiger partial charge in [0.15, 0.2) is 0 Å². The lowest BCUT2D eigenvalue weighted by molar-refractivity contribution is -0.120. The molecule has 1 N–H and O–H groups in total. The van der Waals surface area contributed by atoms with Gasteiger partial charge in [0.2, 0.25) is 5.91 Å². The quantitative estimate of drug-likeness (QED) is 0.660. The Morgan fingerprint density at radius 1 is 1.46 bits per heavy atom. The minimum atomic E-state index is 0.0273. The van der Waals surface area contributed by atoms with Gasteiger partial charge in [0.05, 0.1) is 0 Å². The topological polar surface area (TPSA) is 29.1 Å². The summed E-state index contributed by atoms with van der Waals surface area (Å²) in [6.07, 6.45) is 6.06. The third-order valence-corrected chi connectivity index (χ3v) is 1.46. The van der Waals surface area contributed by atoms with Gasteiger partial charge in [-0.05, 0) is 19.9 Å². The predicted molar refractivity (Wildman–Crippen MR) is 56.1 cm³/mol. The highest BCUT2D eigenvalue weighted by Crippen LogP contribution is 1.97. The molecule has 0 aromatic carbocycles. The van der Waals surface area contributed by atoms with Crippen molar-refractivity contribution in [2.24, 2.45) is 0 Å². The van der Waals surface area contributed by atoms with Crippen molar-refractivity contribution in [3.8, 4) is 0 Å². The summed E-state index contributed by atoms with van der Waals surface area (Å²) in [6, 6.07) is 0. The number of carbonyl (C=O) groups excluding carboxylic acids is 1. The first-order valence-electron chi connectivity index (χ1n) is 4.40. The average Bonchev–Trinajstić information content (AvgIpc) is 2.11. The molecule has 0 aliphatic carbocycles. The zero-order valence-electron chi connectivity index (χ0n) is 8.55. The van der Waals surface area contributed by atoms with Crippen LogP contribution < -0.4 is 5.32 Å². The highest BCUT2D eigenvalue weighted by atomic mass is 16.1. The zero-order chi connectivity index (χ0) is 10.3. The van der Waals surface area contributed by atoms with Crippen LogP contribution in [0.15, 0.2) is 36.1 Å². The fourth-order valence-corrected chi connectivity index (χ4v) is 0.691. The van der Waals surface area contributed by atoms with Crippen LogP contribution in [0, 0.1) is 0 Å². The number of hydrogen-bond donors (Lipinski definition) is 1. The van der Waals surface area contributed by atoms with Crippen LogP contribution in [0.25, 0.3) is 0 Å². The number of hydrogen-bond acceptors (Lipinski definition) is 1. The molecule has 0 heterocycles.